The van der Waals surface area contributed by atoms with Crippen molar-refractivity contribution in [1.29, 1.82) is 0 Å². The van der Waals surface area contributed by atoms with Crippen LogP contribution in [0.15, 0.2) is 6.07 Å². The van der Waals surface area contributed by atoms with E-state index in [1.807, 2.05) is 11.8 Å². The second-order valence-corrected chi connectivity index (χ2v) is 6.63. The molecule has 1 aliphatic carbocycles. The van der Waals surface area contributed by atoms with Gasteiger partial charge in [-0.1, -0.05) is 24.9 Å². The predicted octanol–water partition coefficient (Wildman–Crippen LogP) is 3.73. The number of halogens is 2. The number of nitrogens with one attached hydrogen (secondary N) is 1. The van der Waals surface area contributed by atoms with E-state index in [0.29, 0.717) is 10.9 Å². The van der Waals surface area contributed by atoms with Crippen molar-refractivity contribution in [2.45, 2.75) is 37.5 Å². The Morgan fingerprint density at radius 3 is 2.84 bits per heavy atom. The predicted molar refractivity (Wildman–Crippen MR) is 83.4 cm³/mol. The normalized spacial score (nSPS) is 22.7. The first kappa shape index (κ1) is 14.6. The zero-order valence-corrected chi connectivity index (χ0v) is 12.5. The SMILES string of the molecule is CCSC1CCCC1Nc1c(N)cc(N)c(Cl)c1F. The minimum Gasteiger partial charge on any atom is -0.397 e. The Hall–Kier alpha value is -0.810. The van der Waals surface area contributed by atoms with Gasteiger partial charge in [-0.3, -0.25) is 0 Å². The molecule has 0 saturated heterocycles. The molecule has 5 N–H and O–H groups in total. The molecule has 2 rings (SSSR count). The van der Waals surface area contributed by atoms with Gasteiger partial charge in [0.1, 0.15) is 5.02 Å². The summed E-state index contributed by atoms with van der Waals surface area (Å²) in [5.41, 5.74) is 12.2. The van der Waals surface area contributed by atoms with Gasteiger partial charge < -0.3 is 16.8 Å². The van der Waals surface area contributed by atoms with Crippen molar-refractivity contribution in [1.82, 2.24) is 0 Å². The lowest BCUT2D eigenvalue weighted by molar-refractivity contribution is 0.626. The lowest BCUT2D eigenvalue weighted by Gasteiger charge is -2.23. The fourth-order valence-corrected chi connectivity index (χ4v) is 3.85. The summed E-state index contributed by atoms with van der Waals surface area (Å²) in [5, 5.41) is 3.66. The first-order chi connectivity index (χ1) is 9.04. The highest BCUT2D eigenvalue weighted by Gasteiger charge is 2.28. The van der Waals surface area contributed by atoms with Crippen LogP contribution >= 0.6 is 23.4 Å². The number of hydrogen-bond acceptors (Lipinski definition) is 4. The van der Waals surface area contributed by atoms with Crippen LogP contribution in [0.1, 0.15) is 26.2 Å². The van der Waals surface area contributed by atoms with E-state index in [1.165, 1.54) is 6.07 Å². The Balaban J connectivity index is 2.21. The molecular weight excluding hydrogens is 285 g/mol. The largest absolute Gasteiger partial charge is 0.397 e. The van der Waals surface area contributed by atoms with E-state index >= 15 is 0 Å². The Labute approximate surface area is 122 Å². The smallest absolute Gasteiger partial charge is 0.169 e. The first-order valence-corrected chi connectivity index (χ1v) is 7.88. The summed E-state index contributed by atoms with van der Waals surface area (Å²) in [7, 11) is 0. The van der Waals surface area contributed by atoms with Gasteiger partial charge in [0.05, 0.1) is 17.1 Å². The molecule has 1 saturated carbocycles. The first-order valence-electron chi connectivity index (χ1n) is 6.45. The molecule has 1 fully saturated rings. The Morgan fingerprint density at radius 2 is 2.16 bits per heavy atom. The summed E-state index contributed by atoms with van der Waals surface area (Å²) in [6.07, 6.45) is 3.33. The summed E-state index contributed by atoms with van der Waals surface area (Å²) in [6.45, 7) is 2.13. The maximum absolute atomic E-state index is 14.1. The molecule has 2 atom stereocenters. The molecule has 0 aliphatic heterocycles. The lowest BCUT2D eigenvalue weighted by atomic mass is 10.2. The monoisotopic (exact) mass is 303 g/mol. The minimum atomic E-state index is -0.550. The van der Waals surface area contributed by atoms with Crippen molar-refractivity contribution in [2.24, 2.45) is 0 Å². The molecule has 0 spiro atoms. The van der Waals surface area contributed by atoms with Crippen LogP contribution in [0.4, 0.5) is 21.5 Å². The van der Waals surface area contributed by atoms with E-state index in [0.717, 1.165) is 25.0 Å². The molecule has 0 aromatic heterocycles. The molecular formula is C13H19ClFN3S. The van der Waals surface area contributed by atoms with Crippen LogP contribution in [0.3, 0.4) is 0 Å². The molecule has 106 valence electrons. The zero-order valence-electron chi connectivity index (χ0n) is 10.9. The van der Waals surface area contributed by atoms with Crippen molar-refractivity contribution < 1.29 is 4.39 Å². The Kier molecular flexibility index (Phi) is 4.68. The van der Waals surface area contributed by atoms with Crippen molar-refractivity contribution in [3.05, 3.63) is 16.9 Å². The van der Waals surface area contributed by atoms with Gasteiger partial charge in [-0.15, -0.1) is 0 Å². The van der Waals surface area contributed by atoms with Crippen LogP contribution in [0.2, 0.25) is 5.02 Å². The number of nitrogen functional groups attached to an aromatic ring is 2. The highest BCUT2D eigenvalue weighted by molar-refractivity contribution is 7.99. The molecule has 19 heavy (non-hydrogen) atoms. The van der Waals surface area contributed by atoms with E-state index in [9.17, 15) is 4.39 Å². The second kappa shape index (κ2) is 6.09. The molecule has 0 bridgehead atoms. The average molecular weight is 304 g/mol. The molecule has 1 aromatic carbocycles. The van der Waals surface area contributed by atoms with Gasteiger partial charge in [-0.05, 0) is 24.7 Å². The van der Waals surface area contributed by atoms with E-state index in [4.69, 9.17) is 23.1 Å². The zero-order chi connectivity index (χ0) is 14.0. The molecule has 1 aromatic rings. The number of rotatable bonds is 4. The third-order valence-corrected chi connectivity index (χ3v) is 5.14. The second-order valence-electron chi connectivity index (χ2n) is 4.73. The van der Waals surface area contributed by atoms with E-state index in [-0.39, 0.29) is 22.4 Å². The van der Waals surface area contributed by atoms with Crippen molar-refractivity contribution in [3.8, 4) is 0 Å². The molecule has 1 aliphatic rings. The molecule has 6 heteroatoms. The van der Waals surface area contributed by atoms with Crippen molar-refractivity contribution >= 4 is 40.4 Å². The number of thioether (sulfide) groups is 1. The van der Waals surface area contributed by atoms with Crippen LogP contribution < -0.4 is 16.8 Å². The maximum atomic E-state index is 14.1. The Bertz CT molecular complexity index is 470. The van der Waals surface area contributed by atoms with Gasteiger partial charge in [0.2, 0.25) is 0 Å². The fraction of sp³-hybridized carbons (Fsp3) is 0.538. The van der Waals surface area contributed by atoms with Crippen molar-refractivity contribution in [3.63, 3.8) is 0 Å². The topological polar surface area (TPSA) is 64.1 Å². The fourth-order valence-electron chi connectivity index (χ4n) is 2.50. The number of anilines is 3. The Morgan fingerprint density at radius 1 is 1.42 bits per heavy atom. The molecule has 3 nitrogen and oxygen atoms in total. The number of hydrogen-bond donors (Lipinski definition) is 3. The molecule has 0 radical (unpaired) electrons. The summed E-state index contributed by atoms with van der Waals surface area (Å²) in [6, 6.07) is 1.74. The molecule has 0 amide bonds. The van der Waals surface area contributed by atoms with Gasteiger partial charge in [-0.25, -0.2) is 4.39 Å². The summed E-state index contributed by atoms with van der Waals surface area (Å²) in [5.74, 6) is 0.509. The van der Waals surface area contributed by atoms with Gasteiger partial charge in [0, 0.05) is 11.3 Å². The molecule has 2 unspecified atom stereocenters. The number of nitrogens with two attached hydrogens (primary N) is 2. The summed E-state index contributed by atoms with van der Waals surface area (Å²) in [4.78, 5) is 0. The van der Waals surface area contributed by atoms with Gasteiger partial charge >= 0.3 is 0 Å². The standard InChI is InChI=1S/C13H19ClFN3S/c1-2-19-10-5-3-4-9(10)18-13-8(17)6-7(16)11(14)12(13)15/h6,9-10,18H,2-5,16-17H2,1H3. The highest BCUT2D eigenvalue weighted by Crippen LogP contribution is 2.37. The van der Waals surface area contributed by atoms with Crippen LogP contribution in [0.25, 0.3) is 0 Å². The van der Waals surface area contributed by atoms with Crippen LogP contribution in [0.5, 0.6) is 0 Å². The van der Waals surface area contributed by atoms with Gasteiger partial charge in [0.25, 0.3) is 0 Å². The number of benzene rings is 1. The average Bonchev–Trinajstić information content (AvgIpc) is 2.80. The van der Waals surface area contributed by atoms with E-state index in [2.05, 4.69) is 12.2 Å². The highest BCUT2D eigenvalue weighted by atomic mass is 35.5. The third-order valence-electron chi connectivity index (χ3n) is 3.43. The summed E-state index contributed by atoms with van der Waals surface area (Å²) < 4.78 is 14.1. The molecule has 0 heterocycles. The van der Waals surface area contributed by atoms with Gasteiger partial charge in [0.15, 0.2) is 5.82 Å². The lowest BCUT2D eigenvalue weighted by Crippen LogP contribution is -2.27. The van der Waals surface area contributed by atoms with E-state index < -0.39 is 5.82 Å². The quantitative estimate of drug-likeness (QED) is 0.742. The van der Waals surface area contributed by atoms with Crippen LogP contribution in [0, 0.1) is 5.82 Å². The maximum Gasteiger partial charge on any atom is 0.169 e. The minimum absolute atomic E-state index is 0.0607. The van der Waals surface area contributed by atoms with Crippen LogP contribution in [-0.2, 0) is 0 Å². The van der Waals surface area contributed by atoms with Crippen molar-refractivity contribution in [2.75, 3.05) is 22.5 Å². The van der Waals surface area contributed by atoms with E-state index in [1.54, 1.807) is 0 Å². The third kappa shape index (κ3) is 3.03. The summed E-state index contributed by atoms with van der Waals surface area (Å²) >= 11 is 7.74. The van der Waals surface area contributed by atoms with Crippen LogP contribution in [-0.4, -0.2) is 17.0 Å². The van der Waals surface area contributed by atoms with Gasteiger partial charge in [-0.2, -0.15) is 11.8 Å².